The van der Waals surface area contributed by atoms with Crippen molar-refractivity contribution in [3.8, 4) is 17.2 Å². The molecule has 2 aromatic carbocycles. The molecular formula is C25H35NO3. The summed E-state index contributed by atoms with van der Waals surface area (Å²) >= 11 is 0. The molecule has 0 aliphatic carbocycles. The minimum Gasteiger partial charge on any atom is -0.490 e. The van der Waals surface area contributed by atoms with Crippen molar-refractivity contribution in [3.63, 3.8) is 0 Å². The van der Waals surface area contributed by atoms with Crippen molar-refractivity contribution in [2.75, 3.05) is 39.5 Å². The van der Waals surface area contributed by atoms with Crippen LogP contribution in [0.4, 0.5) is 0 Å². The fourth-order valence-corrected chi connectivity index (χ4v) is 3.23. The van der Waals surface area contributed by atoms with Crippen molar-refractivity contribution >= 4 is 11.6 Å². The zero-order chi connectivity index (χ0) is 21.1. The molecule has 0 aromatic heterocycles. The molecule has 0 saturated carbocycles. The van der Waals surface area contributed by atoms with E-state index in [0.29, 0.717) is 25.6 Å². The standard InChI is InChI=1S/C25H35NO3/c1-6-26(7-2)19-22(16-20-14-12-11-13-15-20)21-17-23(27-8-3)25(29-10-5)24(18-21)28-9-4/h11-18H,6-10,19H2,1-5H3/b22-16+. The summed E-state index contributed by atoms with van der Waals surface area (Å²) in [6.07, 6.45) is 2.25. The quantitative estimate of drug-likeness (QED) is 0.426. The van der Waals surface area contributed by atoms with Crippen LogP contribution in [0.1, 0.15) is 45.7 Å². The Balaban J connectivity index is 2.59. The number of benzene rings is 2. The first-order chi connectivity index (χ1) is 14.2. The van der Waals surface area contributed by atoms with Gasteiger partial charge in [-0.2, -0.15) is 0 Å². The van der Waals surface area contributed by atoms with E-state index in [-0.39, 0.29) is 0 Å². The number of nitrogens with zero attached hydrogens (tertiary/aromatic N) is 1. The molecule has 0 aliphatic heterocycles. The van der Waals surface area contributed by atoms with E-state index in [1.54, 1.807) is 0 Å². The minimum absolute atomic E-state index is 0.561. The average Bonchev–Trinajstić information content (AvgIpc) is 2.74. The largest absolute Gasteiger partial charge is 0.490 e. The summed E-state index contributed by atoms with van der Waals surface area (Å²) in [5.74, 6) is 2.14. The van der Waals surface area contributed by atoms with E-state index in [2.05, 4.69) is 61.2 Å². The summed E-state index contributed by atoms with van der Waals surface area (Å²) in [6, 6.07) is 14.6. The second-order valence-electron chi connectivity index (χ2n) is 6.64. The smallest absolute Gasteiger partial charge is 0.203 e. The van der Waals surface area contributed by atoms with Gasteiger partial charge in [0.2, 0.25) is 5.75 Å². The fraction of sp³-hybridized carbons (Fsp3) is 0.440. The molecule has 4 nitrogen and oxygen atoms in total. The van der Waals surface area contributed by atoms with Crippen LogP contribution in [0, 0.1) is 0 Å². The van der Waals surface area contributed by atoms with E-state index >= 15 is 0 Å². The van der Waals surface area contributed by atoms with E-state index < -0.39 is 0 Å². The van der Waals surface area contributed by atoms with Gasteiger partial charge in [-0.3, -0.25) is 4.90 Å². The van der Waals surface area contributed by atoms with Crippen molar-refractivity contribution in [1.29, 1.82) is 0 Å². The van der Waals surface area contributed by atoms with Gasteiger partial charge in [-0.25, -0.2) is 0 Å². The van der Waals surface area contributed by atoms with Gasteiger partial charge in [0, 0.05) is 6.54 Å². The summed E-state index contributed by atoms with van der Waals surface area (Å²) < 4.78 is 17.7. The lowest BCUT2D eigenvalue weighted by Crippen LogP contribution is -2.24. The zero-order valence-electron chi connectivity index (χ0n) is 18.5. The first-order valence-electron chi connectivity index (χ1n) is 10.7. The molecule has 0 aliphatic rings. The van der Waals surface area contributed by atoms with Crippen LogP contribution < -0.4 is 14.2 Å². The number of hydrogen-bond donors (Lipinski definition) is 0. The van der Waals surface area contributed by atoms with Crippen LogP contribution in [0.25, 0.3) is 11.6 Å². The van der Waals surface area contributed by atoms with Crippen molar-refractivity contribution in [3.05, 3.63) is 53.6 Å². The lowest BCUT2D eigenvalue weighted by Gasteiger charge is -2.22. The highest BCUT2D eigenvalue weighted by Crippen LogP contribution is 2.41. The summed E-state index contributed by atoms with van der Waals surface area (Å²) in [5.41, 5.74) is 3.50. The van der Waals surface area contributed by atoms with Gasteiger partial charge in [-0.05, 0) is 68.8 Å². The maximum Gasteiger partial charge on any atom is 0.203 e. The molecule has 4 heteroatoms. The highest BCUT2D eigenvalue weighted by Gasteiger charge is 2.18. The first kappa shape index (κ1) is 22.8. The lowest BCUT2D eigenvalue weighted by atomic mass is 10.0. The highest BCUT2D eigenvalue weighted by molar-refractivity contribution is 5.84. The fourth-order valence-electron chi connectivity index (χ4n) is 3.23. The first-order valence-corrected chi connectivity index (χ1v) is 10.7. The normalized spacial score (nSPS) is 11.6. The SMILES string of the molecule is CCOc1cc(/C(=C/c2ccccc2)CN(CC)CC)cc(OCC)c1OCC. The third-order valence-corrected chi connectivity index (χ3v) is 4.71. The number of rotatable bonds is 12. The van der Waals surface area contributed by atoms with E-state index in [1.807, 2.05) is 26.8 Å². The second kappa shape index (κ2) is 12.2. The Kier molecular flexibility index (Phi) is 9.58. The molecule has 0 radical (unpaired) electrons. The van der Waals surface area contributed by atoms with Crippen LogP contribution in [0.3, 0.4) is 0 Å². The van der Waals surface area contributed by atoms with E-state index in [9.17, 15) is 0 Å². The minimum atomic E-state index is 0.561. The summed E-state index contributed by atoms with van der Waals surface area (Å²) in [5, 5.41) is 0. The van der Waals surface area contributed by atoms with Gasteiger partial charge >= 0.3 is 0 Å². The van der Waals surface area contributed by atoms with Crippen LogP contribution in [0.5, 0.6) is 17.2 Å². The maximum atomic E-state index is 5.93. The van der Waals surface area contributed by atoms with Crippen LogP contribution in [-0.4, -0.2) is 44.4 Å². The Hall–Kier alpha value is -2.46. The van der Waals surface area contributed by atoms with E-state index in [4.69, 9.17) is 14.2 Å². The third kappa shape index (κ3) is 6.53. The van der Waals surface area contributed by atoms with Crippen molar-refractivity contribution < 1.29 is 14.2 Å². The topological polar surface area (TPSA) is 30.9 Å². The molecule has 0 fully saturated rings. The molecule has 0 heterocycles. The second-order valence-corrected chi connectivity index (χ2v) is 6.64. The molecule has 0 unspecified atom stereocenters. The molecule has 0 spiro atoms. The average molecular weight is 398 g/mol. The third-order valence-electron chi connectivity index (χ3n) is 4.71. The molecule has 0 amide bonds. The van der Waals surface area contributed by atoms with Crippen LogP contribution in [-0.2, 0) is 0 Å². The Bertz CT molecular complexity index is 740. The summed E-state index contributed by atoms with van der Waals surface area (Å²) in [7, 11) is 0. The molecule has 29 heavy (non-hydrogen) atoms. The lowest BCUT2D eigenvalue weighted by molar-refractivity contribution is 0.260. The van der Waals surface area contributed by atoms with E-state index in [0.717, 1.165) is 36.7 Å². The zero-order valence-corrected chi connectivity index (χ0v) is 18.5. The Labute approximate surface area is 176 Å². The molecule has 2 aromatic rings. The predicted molar refractivity (Wildman–Crippen MR) is 122 cm³/mol. The van der Waals surface area contributed by atoms with Gasteiger partial charge in [-0.1, -0.05) is 44.2 Å². The molecule has 0 atom stereocenters. The Morgan fingerprint density at radius 3 is 1.83 bits per heavy atom. The Morgan fingerprint density at radius 2 is 1.34 bits per heavy atom. The number of ether oxygens (including phenoxy) is 3. The van der Waals surface area contributed by atoms with Crippen molar-refractivity contribution in [2.45, 2.75) is 34.6 Å². The van der Waals surface area contributed by atoms with Gasteiger partial charge in [-0.15, -0.1) is 0 Å². The molecule has 158 valence electrons. The Morgan fingerprint density at radius 1 is 0.793 bits per heavy atom. The van der Waals surface area contributed by atoms with Crippen LogP contribution in [0.2, 0.25) is 0 Å². The van der Waals surface area contributed by atoms with Crippen molar-refractivity contribution in [1.82, 2.24) is 4.90 Å². The maximum absolute atomic E-state index is 5.93. The van der Waals surface area contributed by atoms with Gasteiger partial charge in [0.1, 0.15) is 0 Å². The summed E-state index contributed by atoms with van der Waals surface area (Å²) in [4.78, 5) is 2.41. The summed E-state index contributed by atoms with van der Waals surface area (Å²) in [6.45, 7) is 14.9. The molecule has 0 saturated heterocycles. The monoisotopic (exact) mass is 397 g/mol. The van der Waals surface area contributed by atoms with Gasteiger partial charge < -0.3 is 14.2 Å². The predicted octanol–water partition coefficient (Wildman–Crippen LogP) is 5.77. The number of likely N-dealkylation sites (N-methyl/N-ethyl adjacent to an activating group) is 1. The van der Waals surface area contributed by atoms with Crippen LogP contribution in [0.15, 0.2) is 42.5 Å². The van der Waals surface area contributed by atoms with Gasteiger partial charge in [0.15, 0.2) is 11.5 Å². The van der Waals surface area contributed by atoms with Crippen LogP contribution >= 0.6 is 0 Å². The molecule has 0 N–H and O–H groups in total. The van der Waals surface area contributed by atoms with Gasteiger partial charge in [0.25, 0.3) is 0 Å². The highest BCUT2D eigenvalue weighted by atomic mass is 16.5. The molecular weight excluding hydrogens is 362 g/mol. The number of hydrogen-bond acceptors (Lipinski definition) is 4. The van der Waals surface area contributed by atoms with Gasteiger partial charge in [0.05, 0.1) is 19.8 Å². The van der Waals surface area contributed by atoms with E-state index in [1.165, 1.54) is 11.1 Å². The molecule has 0 bridgehead atoms. The molecule has 2 rings (SSSR count). The van der Waals surface area contributed by atoms with Crippen molar-refractivity contribution in [2.24, 2.45) is 0 Å².